The lowest BCUT2D eigenvalue weighted by molar-refractivity contribution is -0.137. The first-order chi connectivity index (χ1) is 20.3. The van der Waals surface area contributed by atoms with Crippen LogP contribution in [-0.4, -0.2) is 53.8 Å². The van der Waals surface area contributed by atoms with Gasteiger partial charge in [0.15, 0.2) is 5.16 Å². The highest BCUT2D eigenvalue weighted by Gasteiger charge is 2.32. The summed E-state index contributed by atoms with van der Waals surface area (Å²) in [5.41, 5.74) is 3.65. The highest BCUT2D eigenvalue weighted by Crippen LogP contribution is 2.30. The van der Waals surface area contributed by atoms with Gasteiger partial charge < -0.3 is 24.4 Å². The lowest BCUT2D eigenvalue weighted by Gasteiger charge is -2.32. The van der Waals surface area contributed by atoms with Gasteiger partial charge in [-0.3, -0.25) is 9.59 Å². The van der Waals surface area contributed by atoms with Crippen molar-refractivity contribution >= 4 is 29.3 Å². The van der Waals surface area contributed by atoms with Crippen molar-refractivity contribution in [3.8, 4) is 17.2 Å². The van der Waals surface area contributed by atoms with E-state index in [0.29, 0.717) is 33.7 Å². The largest absolute Gasteiger partial charge is 0.497 e. The molecule has 0 saturated carbocycles. The van der Waals surface area contributed by atoms with E-state index in [2.05, 4.69) is 15.3 Å². The Morgan fingerprint density at radius 3 is 2.00 bits per heavy atom. The number of anilines is 1. The normalized spacial score (nSPS) is 11.4. The molecule has 218 valence electrons. The SMILES string of the molecule is COc1ccc(CN(C(=O)CSc2nc(C)cc(C)n2)[C@H](C(=O)Nc2ccc(OC)cc2)c2cccc(OC)c2)cc1. The summed E-state index contributed by atoms with van der Waals surface area (Å²) >= 11 is 1.24. The molecule has 0 bridgehead atoms. The fourth-order valence-electron chi connectivity index (χ4n) is 4.39. The van der Waals surface area contributed by atoms with Crippen molar-refractivity contribution in [2.45, 2.75) is 31.6 Å². The minimum absolute atomic E-state index is 0.0370. The summed E-state index contributed by atoms with van der Waals surface area (Å²) in [5, 5.41) is 3.48. The molecule has 0 radical (unpaired) electrons. The van der Waals surface area contributed by atoms with E-state index < -0.39 is 6.04 Å². The molecule has 0 aliphatic carbocycles. The van der Waals surface area contributed by atoms with Crippen LogP contribution in [0.25, 0.3) is 0 Å². The molecule has 0 aliphatic heterocycles. The van der Waals surface area contributed by atoms with Crippen molar-refractivity contribution in [3.05, 3.63) is 101 Å². The molecule has 2 amide bonds. The molecule has 0 spiro atoms. The van der Waals surface area contributed by atoms with E-state index in [-0.39, 0.29) is 24.1 Å². The molecule has 9 nitrogen and oxygen atoms in total. The summed E-state index contributed by atoms with van der Waals surface area (Å²) in [5.74, 6) is 1.35. The molecule has 0 saturated heterocycles. The Kier molecular flexibility index (Phi) is 10.4. The standard InChI is InChI=1S/C32H34N4O5S/c1-21-17-22(2)34-32(33-21)42-20-29(37)36(19-23-9-13-26(39-3)14-10-23)30(24-7-6-8-28(18-24)41-5)31(38)35-25-11-15-27(40-4)16-12-25/h6-18,30H,19-20H2,1-5H3,(H,35,38)/t30-/m0/s1. The summed E-state index contributed by atoms with van der Waals surface area (Å²) in [6, 6.07) is 22.5. The summed E-state index contributed by atoms with van der Waals surface area (Å²) in [6.45, 7) is 3.95. The van der Waals surface area contributed by atoms with Crippen molar-refractivity contribution in [3.63, 3.8) is 0 Å². The van der Waals surface area contributed by atoms with Gasteiger partial charge in [0.25, 0.3) is 5.91 Å². The Hall–Kier alpha value is -4.57. The predicted octanol–water partition coefficient (Wildman–Crippen LogP) is 5.62. The third kappa shape index (κ3) is 8.01. The summed E-state index contributed by atoms with van der Waals surface area (Å²) in [4.78, 5) is 38.6. The number of benzene rings is 3. The number of rotatable bonds is 12. The topological polar surface area (TPSA) is 103 Å². The Morgan fingerprint density at radius 2 is 1.40 bits per heavy atom. The maximum atomic E-state index is 14.0. The van der Waals surface area contributed by atoms with Crippen molar-refractivity contribution < 1.29 is 23.8 Å². The summed E-state index contributed by atoms with van der Waals surface area (Å²) in [7, 11) is 4.74. The minimum atomic E-state index is -0.974. The minimum Gasteiger partial charge on any atom is -0.497 e. The van der Waals surface area contributed by atoms with E-state index in [1.807, 2.05) is 50.2 Å². The molecule has 4 aromatic rings. The average molecular weight is 587 g/mol. The molecule has 4 rings (SSSR count). The van der Waals surface area contributed by atoms with E-state index >= 15 is 0 Å². The van der Waals surface area contributed by atoms with Crippen molar-refractivity contribution in [2.75, 3.05) is 32.4 Å². The Balaban J connectivity index is 1.72. The third-order valence-corrected chi connectivity index (χ3v) is 7.28. The zero-order valence-corrected chi connectivity index (χ0v) is 25.1. The number of hydrogen-bond donors (Lipinski definition) is 1. The summed E-state index contributed by atoms with van der Waals surface area (Å²) < 4.78 is 16.0. The maximum absolute atomic E-state index is 14.0. The van der Waals surface area contributed by atoms with Crippen LogP contribution in [0.4, 0.5) is 5.69 Å². The van der Waals surface area contributed by atoms with Crippen molar-refractivity contribution in [2.24, 2.45) is 0 Å². The molecule has 0 aliphatic rings. The molecular formula is C32H34N4O5S. The highest BCUT2D eigenvalue weighted by atomic mass is 32.2. The maximum Gasteiger partial charge on any atom is 0.251 e. The van der Waals surface area contributed by atoms with Crippen LogP contribution in [0.2, 0.25) is 0 Å². The van der Waals surface area contributed by atoms with Crippen LogP contribution in [0, 0.1) is 13.8 Å². The van der Waals surface area contributed by atoms with Gasteiger partial charge in [-0.25, -0.2) is 9.97 Å². The van der Waals surface area contributed by atoms with Gasteiger partial charge in [0, 0.05) is 23.6 Å². The van der Waals surface area contributed by atoms with Crippen LogP contribution < -0.4 is 19.5 Å². The van der Waals surface area contributed by atoms with Gasteiger partial charge in [0.05, 0.1) is 27.1 Å². The number of nitrogens with zero attached hydrogens (tertiary/aromatic N) is 3. The molecule has 1 N–H and O–H groups in total. The van der Waals surface area contributed by atoms with Crippen LogP contribution >= 0.6 is 11.8 Å². The second-order valence-electron chi connectivity index (χ2n) is 9.49. The number of methoxy groups -OCH3 is 3. The Morgan fingerprint density at radius 1 is 0.810 bits per heavy atom. The number of carbonyl (C=O) groups excluding carboxylic acids is 2. The lowest BCUT2D eigenvalue weighted by atomic mass is 10.0. The number of aryl methyl sites for hydroxylation is 2. The fourth-order valence-corrected chi connectivity index (χ4v) is 5.22. The van der Waals surface area contributed by atoms with Crippen molar-refractivity contribution in [1.29, 1.82) is 0 Å². The molecule has 1 heterocycles. The number of ether oxygens (including phenoxy) is 3. The van der Waals surface area contributed by atoms with Crippen LogP contribution in [0.3, 0.4) is 0 Å². The Bertz CT molecular complexity index is 1490. The van der Waals surface area contributed by atoms with Crippen LogP contribution in [0.15, 0.2) is 84.0 Å². The van der Waals surface area contributed by atoms with Gasteiger partial charge in [-0.15, -0.1) is 0 Å². The Labute approximate surface area is 250 Å². The number of carbonyl (C=O) groups is 2. The fraction of sp³-hybridized carbons (Fsp3) is 0.250. The van der Waals surface area contributed by atoms with Gasteiger partial charge in [0.1, 0.15) is 23.3 Å². The van der Waals surface area contributed by atoms with E-state index in [1.54, 1.807) is 68.7 Å². The van der Waals surface area contributed by atoms with E-state index in [1.165, 1.54) is 11.8 Å². The van der Waals surface area contributed by atoms with E-state index in [0.717, 1.165) is 17.0 Å². The molecule has 42 heavy (non-hydrogen) atoms. The quantitative estimate of drug-likeness (QED) is 0.169. The monoisotopic (exact) mass is 586 g/mol. The first-order valence-electron chi connectivity index (χ1n) is 13.3. The van der Waals surface area contributed by atoms with E-state index in [9.17, 15) is 9.59 Å². The number of hydrogen-bond acceptors (Lipinski definition) is 8. The van der Waals surface area contributed by atoms with Crippen LogP contribution in [0.5, 0.6) is 17.2 Å². The van der Waals surface area contributed by atoms with Gasteiger partial charge in [-0.2, -0.15) is 0 Å². The summed E-state index contributed by atoms with van der Waals surface area (Å²) in [6.07, 6.45) is 0. The zero-order valence-electron chi connectivity index (χ0n) is 24.3. The van der Waals surface area contributed by atoms with Crippen LogP contribution in [0.1, 0.15) is 28.6 Å². The number of thioether (sulfide) groups is 1. The molecule has 0 fully saturated rings. The van der Waals surface area contributed by atoms with Crippen LogP contribution in [-0.2, 0) is 16.1 Å². The van der Waals surface area contributed by atoms with Gasteiger partial charge in [0.2, 0.25) is 5.91 Å². The zero-order chi connectivity index (χ0) is 30.1. The predicted molar refractivity (Wildman–Crippen MR) is 163 cm³/mol. The number of nitrogens with one attached hydrogen (secondary N) is 1. The smallest absolute Gasteiger partial charge is 0.251 e. The number of aromatic nitrogens is 2. The second kappa shape index (κ2) is 14.4. The lowest BCUT2D eigenvalue weighted by Crippen LogP contribution is -2.41. The molecule has 3 aromatic carbocycles. The number of amides is 2. The van der Waals surface area contributed by atoms with E-state index in [4.69, 9.17) is 14.2 Å². The molecule has 1 aromatic heterocycles. The third-order valence-electron chi connectivity index (χ3n) is 6.45. The van der Waals surface area contributed by atoms with Gasteiger partial charge >= 0.3 is 0 Å². The first kappa shape index (κ1) is 30.4. The van der Waals surface area contributed by atoms with Gasteiger partial charge in [-0.05, 0) is 79.6 Å². The highest BCUT2D eigenvalue weighted by molar-refractivity contribution is 7.99. The second-order valence-corrected chi connectivity index (χ2v) is 10.4. The molecule has 10 heteroatoms. The molecule has 1 atom stereocenters. The molecular weight excluding hydrogens is 552 g/mol. The molecule has 0 unspecified atom stereocenters. The first-order valence-corrected chi connectivity index (χ1v) is 14.2. The van der Waals surface area contributed by atoms with Gasteiger partial charge in [-0.1, -0.05) is 36.0 Å². The van der Waals surface area contributed by atoms with Crippen molar-refractivity contribution in [1.82, 2.24) is 14.9 Å². The average Bonchev–Trinajstić information content (AvgIpc) is 3.00.